The zero-order chi connectivity index (χ0) is 13.9. The smallest absolute Gasteiger partial charge is 0.356 e. The summed E-state index contributed by atoms with van der Waals surface area (Å²) in [5, 5.41) is 3.05. The van der Waals surface area contributed by atoms with Crippen LogP contribution in [0.1, 0.15) is 18.1 Å². The highest BCUT2D eigenvalue weighted by molar-refractivity contribution is 5.30. The van der Waals surface area contributed by atoms with E-state index in [4.69, 9.17) is 0 Å². The van der Waals surface area contributed by atoms with Gasteiger partial charge >= 0.3 is 6.18 Å². The molecule has 0 unspecified atom stereocenters. The lowest BCUT2D eigenvalue weighted by atomic mass is 10.1. The number of alkyl halides is 3. The van der Waals surface area contributed by atoms with Crippen LogP contribution < -0.4 is 5.32 Å². The van der Waals surface area contributed by atoms with Crippen LogP contribution in [0.4, 0.5) is 19.1 Å². The molecule has 2 rings (SSSR count). The normalized spacial score (nSPS) is 11.6. The summed E-state index contributed by atoms with van der Waals surface area (Å²) in [6.45, 7) is 3.00. The molecule has 6 heteroatoms. The number of rotatable bonds is 4. The zero-order valence-corrected chi connectivity index (χ0v) is 10.4. The van der Waals surface area contributed by atoms with Gasteiger partial charge in [0.05, 0.1) is 12.1 Å². The first-order valence-electron chi connectivity index (χ1n) is 5.92. The van der Waals surface area contributed by atoms with E-state index in [0.717, 1.165) is 12.1 Å². The van der Waals surface area contributed by atoms with Crippen molar-refractivity contribution in [2.24, 2.45) is 0 Å². The predicted molar refractivity (Wildman–Crippen MR) is 66.9 cm³/mol. The van der Waals surface area contributed by atoms with E-state index in [1.807, 2.05) is 6.92 Å². The Labute approximate surface area is 109 Å². The number of hydrogen-bond donors (Lipinski definition) is 1. The molecule has 0 aliphatic heterocycles. The van der Waals surface area contributed by atoms with Crippen molar-refractivity contribution in [2.75, 3.05) is 11.9 Å². The highest BCUT2D eigenvalue weighted by Crippen LogP contribution is 2.29. The van der Waals surface area contributed by atoms with Gasteiger partial charge in [-0.25, -0.2) is 4.98 Å². The van der Waals surface area contributed by atoms with Crippen LogP contribution in [0.15, 0.2) is 36.7 Å². The fraction of sp³-hybridized carbons (Fsp3) is 0.308. The van der Waals surface area contributed by atoms with Gasteiger partial charge in [-0.15, -0.1) is 0 Å². The van der Waals surface area contributed by atoms with Gasteiger partial charge in [-0.05, 0) is 24.6 Å². The van der Waals surface area contributed by atoms with Gasteiger partial charge in [0.15, 0.2) is 0 Å². The summed E-state index contributed by atoms with van der Waals surface area (Å²) in [5.74, 6) is 0.653. The van der Waals surface area contributed by atoms with Crippen LogP contribution in [0.5, 0.6) is 0 Å². The van der Waals surface area contributed by atoms with Crippen molar-refractivity contribution in [2.45, 2.75) is 19.6 Å². The first-order valence-corrected chi connectivity index (χ1v) is 5.92. The average Bonchev–Trinajstić information content (AvgIpc) is 2.77. The van der Waals surface area contributed by atoms with Crippen LogP contribution in [0, 0.1) is 0 Å². The Balaban J connectivity index is 2.21. The minimum atomic E-state index is -4.31. The second kappa shape index (κ2) is 5.34. The average molecular weight is 269 g/mol. The number of nitrogens with one attached hydrogen (secondary N) is 1. The van der Waals surface area contributed by atoms with E-state index < -0.39 is 11.7 Å². The van der Waals surface area contributed by atoms with E-state index in [0.29, 0.717) is 24.6 Å². The molecule has 1 N–H and O–H groups in total. The van der Waals surface area contributed by atoms with Crippen LogP contribution in [-0.4, -0.2) is 16.1 Å². The largest absolute Gasteiger partial charge is 0.416 e. The number of halogens is 3. The molecule has 0 aliphatic carbocycles. The molecule has 0 spiro atoms. The van der Waals surface area contributed by atoms with E-state index in [1.165, 1.54) is 6.07 Å². The molecule has 0 radical (unpaired) electrons. The summed E-state index contributed by atoms with van der Waals surface area (Å²) >= 11 is 0. The maximum atomic E-state index is 12.6. The van der Waals surface area contributed by atoms with Crippen LogP contribution in [-0.2, 0) is 12.7 Å². The maximum absolute atomic E-state index is 12.6. The van der Waals surface area contributed by atoms with Gasteiger partial charge in [-0.1, -0.05) is 12.1 Å². The number of nitrogens with zero attached hydrogens (tertiary/aromatic N) is 2. The molecule has 1 aromatic carbocycles. The Kier molecular flexibility index (Phi) is 3.78. The molecule has 0 fully saturated rings. The van der Waals surface area contributed by atoms with Gasteiger partial charge in [0, 0.05) is 18.9 Å². The van der Waals surface area contributed by atoms with Crippen molar-refractivity contribution in [3.8, 4) is 0 Å². The van der Waals surface area contributed by atoms with E-state index in [2.05, 4.69) is 10.3 Å². The highest BCUT2D eigenvalue weighted by atomic mass is 19.4. The van der Waals surface area contributed by atoms with Crippen LogP contribution >= 0.6 is 0 Å². The van der Waals surface area contributed by atoms with Gasteiger partial charge in [0.25, 0.3) is 0 Å². The first kappa shape index (κ1) is 13.5. The molecule has 0 saturated heterocycles. The molecule has 0 bridgehead atoms. The third kappa shape index (κ3) is 3.27. The van der Waals surface area contributed by atoms with Crippen molar-refractivity contribution < 1.29 is 13.2 Å². The molecule has 1 heterocycles. The van der Waals surface area contributed by atoms with Gasteiger partial charge < -0.3 is 9.88 Å². The third-order valence-electron chi connectivity index (χ3n) is 2.66. The molecular weight excluding hydrogens is 255 g/mol. The molecule has 0 atom stereocenters. The van der Waals surface area contributed by atoms with Crippen LogP contribution in [0.2, 0.25) is 0 Å². The number of aromatic nitrogens is 2. The number of benzene rings is 1. The highest BCUT2D eigenvalue weighted by Gasteiger charge is 2.30. The Morgan fingerprint density at radius 1 is 1.32 bits per heavy atom. The second-order valence-electron chi connectivity index (χ2n) is 4.11. The topological polar surface area (TPSA) is 29.9 Å². The summed E-state index contributed by atoms with van der Waals surface area (Å²) in [4.78, 5) is 4.10. The fourth-order valence-corrected chi connectivity index (χ4v) is 1.80. The van der Waals surface area contributed by atoms with E-state index in [1.54, 1.807) is 23.0 Å². The summed E-state index contributed by atoms with van der Waals surface area (Å²) in [6, 6.07) is 5.32. The first-order chi connectivity index (χ1) is 9.00. The predicted octanol–water partition coefficient (Wildman–Crippen LogP) is 3.38. The zero-order valence-electron chi connectivity index (χ0n) is 10.4. The lowest BCUT2D eigenvalue weighted by Crippen LogP contribution is -2.09. The summed E-state index contributed by atoms with van der Waals surface area (Å²) < 4.78 is 39.6. The quantitative estimate of drug-likeness (QED) is 0.922. The number of hydrogen-bond acceptors (Lipinski definition) is 2. The Morgan fingerprint density at radius 3 is 2.79 bits per heavy atom. The van der Waals surface area contributed by atoms with Crippen molar-refractivity contribution in [1.82, 2.24) is 9.55 Å². The van der Waals surface area contributed by atoms with Crippen molar-refractivity contribution in [1.29, 1.82) is 0 Å². The minimum absolute atomic E-state index is 0.353. The van der Waals surface area contributed by atoms with Crippen LogP contribution in [0.25, 0.3) is 0 Å². The Morgan fingerprint density at radius 2 is 2.11 bits per heavy atom. The van der Waals surface area contributed by atoms with E-state index >= 15 is 0 Å². The molecule has 0 saturated carbocycles. The third-order valence-corrected chi connectivity index (χ3v) is 2.66. The lowest BCUT2D eigenvalue weighted by Gasteiger charge is -2.11. The molecule has 1 aromatic heterocycles. The Bertz CT molecular complexity index is 546. The maximum Gasteiger partial charge on any atom is 0.416 e. The van der Waals surface area contributed by atoms with Crippen molar-refractivity contribution in [3.05, 3.63) is 47.8 Å². The standard InChI is InChI=1S/C13H14F3N3/c1-2-17-12-18-6-7-19(12)9-10-4-3-5-11(8-10)13(14,15)16/h3-8H,2,9H2,1H3,(H,17,18). The molecule has 0 amide bonds. The molecule has 102 valence electrons. The summed E-state index contributed by atoms with van der Waals surface area (Å²) in [5.41, 5.74) is -0.0397. The molecular formula is C13H14F3N3. The van der Waals surface area contributed by atoms with Crippen molar-refractivity contribution in [3.63, 3.8) is 0 Å². The molecule has 0 aliphatic rings. The van der Waals surface area contributed by atoms with Gasteiger partial charge in [0.1, 0.15) is 0 Å². The molecule has 19 heavy (non-hydrogen) atoms. The minimum Gasteiger partial charge on any atom is -0.356 e. The van der Waals surface area contributed by atoms with Gasteiger partial charge in [-0.3, -0.25) is 0 Å². The SMILES string of the molecule is CCNc1nccn1Cc1cccc(C(F)(F)F)c1. The Hall–Kier alpha value is -1.98. The van der Waals surface area contributed by atoms with Crippen LogP contribution in [0.3, 0.4) is 0 Å². The summed E-state index contributed by atoms with van der Waals surface area (Å²) in [6.07, 6.45) is -0.959. The molecule has 2 aromatic rings. The van der Waals surface area contributed by atoms with E-state index in [-0.39, 0.29) is 0 Å². The van der Waals surface area contributed by atoms with Gasteiger partial charge in [0.2, 0.25) is 5.95 Å². The van der Waals surface area contributed by atoms with E-state index in [9.17, 15) is 13.2 Å². The lowest BCUT2D eigenvalue weighted by molar-refractivity contribution is -0.137. The summed E-state index contributed by atoms with van der Waals surface area (Å²) in [7, 11) is 0. The second-order valence-corrected chi connectivity index (χ2v) is 4.11. The van der Waals surface area contributed by atoms with Gasteiger partial charge in [-0.2, -0.15) is 13.2 Å². The number of imidazole rings is 1. The van der Waals surface area contributed by atoms with Crippen molar-refractivity contribution >= 4 is 5.95 Å². The monoisotopic (exact) mass is 269 g/mol. The number of anilines is 1. The fourth-order valence-electron chi connectivity index (χ4n) is 1.80. The molecule has 3 nitrogen and oxygen atoms in total.